The third-order valence-corrected chi connectivity index (χ3v) is 5.22. The molecular formula is C16H21N3O2S. The molecule has 0 aliphatic rings. The van der Waals surface area contributed by atoms with Crippen LogP contribution >= 0.6 is 11.3 Å². The Morgan fingerprint density at radius 3 is 2.41 bits per heavy atom. The molecule has 0 aliphatic heterocycles. The lowest BCUT2D eigenvalue weighted by Crippen LogP contribution is -2.19. The molecule has 22 heavy (non-hydrogen) atoms. The maximum Gasteiger partial charge on any atom is 0.257 e. The van der Waals surface area contributed by atoms with Crippen LogP contribution in [0.4, 0.5) is 5.13 Å². The number of carbonyl (C=O) groups is 1. The zero-order chi connectivity index (χ0) is 16.2. The van der Waals surface area contributed by atoms with E-state index in [1.165, 1.54) is 11.3 Å². The third kappa shape index (κ3) is 3.44. The van der Waals surface area contributed by atoms with E-state index in [1.54, 1.807) is 31.4 Å². The molecule has 0 aliphatic carbocycles. The first-order valence-corrected chi connectivity index (χ1v) is 8.13. The summed E-state index contributed by atoms with van der Waals surface area (Å²) < 4.78 is 5.08. The Hall–Kier alpha value is -1.95. The first kappa shape index (κ1) is 16.4. The van der Waals surface area contributed by atoms with E-state index in [-0.39, 0.29) is 11.3 Å². The second-order valence-corrected chi connectivity index (χ2v) is 6.34. The summed E-state index contributed by atoms with van der Waals surface area (Å²) in [6, 6.07) is 6.95. The standard InChI is InChI=1S/C16H21N3O2S/c1-5-16(3,6-2)14-18-19-15(22-14)17-13(20)11-7-9-12(21-4)10-8-11/h7-10H,5-6H2,1-4H3,(H,17,19,20). The summed E-state index contributed by atoms with van der Waals surface area (Å²) in [5.41, 5.74) is 0.576. The van der Waals surface area contributed by atoms with Crippen LogP contribution in [-0.2, 0) is 5.41 Å². The molecule has 0 spiro atoms. The molecule has 0 bridgehead atoms. The van der Waals surface area contributed by atoms with E-state index in [1.807, 2.05) is 0 Å². The number of hydrogen-bond acceptors (Lipinski definition) is 5. The highest BCUT2D eigenvalue weighted by atomic mass is 32.1. The molecule has 5 nitrogen and oxygen atoms in total. The Balaban J connectivity index is 2.10. The van der Waals surface area contributed by atoms with Crippen LogP contribution in [-0.4, -0.2) is 23.2 Å². The molecule has 1 N–H and O–H groups in total. The zero-order valence-corrected chi connectivity index (χ0v) is 14.2. The fourth-order valence-corrected chi connectivity index (χ4v) is 3.01. The van der Waals surface area contributed by atoms with Gasteiger partial charge in [-0.1, -0.05) is 32.1 Å². The van der Waals surface area contributed by atoms with E-state index in [0.29, 0.717) is 10.7 Å². The van der Waals surface area contributed by atoms with Crippen molar-refractivity contribution in [3.63, 3.8) is 0 Å². The van der Waals surface area contributed by atoms with Crippen LogP contribution in [0.2, 0.25) is 0 Å². The molecule has 2 aromatic rings. The third-order valence-electron chi connectivity index (χ3n) is 4.07. The smallest absolute Gasteiger partial charge is 0.257 e. The minimum absolute atomic E-state index is 0.0146. The van der Waals surface area contributed by atoms with Crippen molar-refractivity contribution in [2.45, 2.75) is 39.0 Å². The summed E-state index contributed by atoms with van der Waals surface area (Å²) in [5, 5.41) is 12.6. The molecule has 6 heteroatoms. The molecule has 0 saturated heterocycles. The highest BCUT2D eigenvalue weighted by molar-refractivity contribution is 7.15. The molecule has 1 amide bonds. The number of rotatable bonds is 6. The summed E-state index contributed by atoms with van der Waals surface area (Å²) >= 11 is 1.44. The highest BCUT2D eigenvalue weighted by Gasteiger charge is 2.27. The fraction of sp³-hybridized carbons (Fsp3) is 0.438. The second kappa shape index (κ2) is 6.87. The summed E-state index contributed by atoms with van der Waals surface area (Å²) in [4.78, 5) is 12.2. The van der Waals surface area contributed by atoms with Crippen molar-refractivity contribution in [1.82, 2.24) is 10.2 Å². The average Bonchev–Trinajstić information content (AvgIpc) is 3.03. The number of amides is 1. The Labute approximate surface area is 134 Å². The van der Waals surface area contributed by atoms with Gasteiger partial charge in [-0.25, -0.2) is 0 Å². The first-order valence-electron chi connectivity index (χ1n) is 7.31. The molecule has 1 aromatic carbocycles. The maximum absolute atomic E-state index is 12.2. The van der Waals surface area contributed by atoms with Crippen LogP contribution in [0.5, 0.6) is 5.75 Å². The SMILES string of the molecule is CCC(C)(CC)c1nnc(NC(=O)c2ccc(OC)cc2)s1. The van der Waals surface area contributed by atoms with Crippen molar-refractivity contribution in [2.24, 2.45) is 0 Å². The quantitative estimate of drug-likeness (QED) is 0.877. The number of hydrogen-bond donors (Lipinski definition) is 1. The van der Waals surface area contributed by atoms with Gasteiger partial charge in [0.2, 0.25) is 5.13 Å². The lowest BCUT2D eigenvalue weighted by molar-refractivity contribution is 0.102. The van der Waals surface area contributed by atoms with E-state index in [2.05, 4.69) is 36.3 Å². The predicted octanol–water partition coefficient (Wildman–Crippen LogP) is 3.88. The number of nitrogens with zero attached hydrogens (tertiary/aromatic N) is 2. The number of nitrogens with one attached hydrogen (secondary N) is 1. The lowest BCUT2D eigenvalue weighted by atomic mass is 9.86. The van der Waals surface area contributed by atoms with Crippen molar-refractivity contribution in [3.8, 4) is 5.75 Å². The van der Waals surface area contributed by atoms with E-state index >= 15 is 0 Å². The monoisotopic (exact) mass is 319 g/mol. The largest absolute Gasteiger partial charge is 0.497 e. The Kier molecular flexibility index (Phi) is 5.13. The molecule has 0 unspecified atom stereocenters. The van der Waals surface area contributed by atoms with Gasteiger partial charge < -0.3 is 4.74 Å². The van der Waals surface area contributed by atoms with Gasteiger partial charge in [-0.15, -0.1) is 10.2 Å². The van der Waals surface area contributed by atoms with Gasteiger partial charge in [-0.2, -0.15) is 0 Å². The predicted molar refractivity (Wildman–Crippen MR) is 88.8 cm³/mol. The van der Waals surface area contributed by atoms with Gasteiger partial charge in [0.15, 0.2) is 0 Å². The van der Waals surface area contributed by atoms with Gasteiger partial charge in [0, 0.05) is 11.0 Å². The number of anilines is 1. The highest BCUT2D eigenvalue weighted by Crippen LogP contribution is 2.34. The fourth-order valence-electron chi connectivity index (χ4n) is 1.98. The molecule has 1 heterocycles. The second-order valence-electron chi connectivity index (χ2n) is 5.36. The van der Waals surface area contributed by atoms with Gasteiger partial charge >= 0.3 is 0 Å². The number of aromatic nitrogens is 2. The van der Waals surface area contributed by atoms with Crippen LogP contribution in [0.25, 0.3) is 0 Å². The molecule has 0 atom stereocenters. The normalized spacial score (nSPS) is 11.3. The summed E-state index contributed by atoms with van der Waals surface area (Å²) in [6.07, 6.45) is 1.98. The van der Waals surface area contributed by atoms with Crippen LogP contribution in [0.1, 0.15) is 49.0 Å². The Morgan fingerprint density at radius 1 is 1.23 bits per heavy atom. The molecule has 0 fully saturated rings. The van der Waals surface area contributed by atoms with Crippen molar-refractivity contribution in [3.05, 3.63) is 34.8 Å². The minimum atomic E-state index is -0.194. The van der Waals surface area contributed by atoms with Crippen molar-refractivity contribution < 1.29 is 9.53 Å². The van der Waals surface area contributed by atoms with Gasteiger partial charge in [-0.05, 0) is 37.1 Å². The summed E-state index contributed by atoms with van der Waals surface area (Å²) in [7, 11) is 1.59. The van der Waals surface area contributed by atoms with Gasteiger partial charge in [0.05, 0.1) is 7.11 Å². The summed E-state index contributed by atoms with van der Waals surface area (Å²) in [6.45, 7) is 6.45. The lowest BCUT2D eigenvalue weighted by Gasteiger charge is -2.22. The minimum Gasteiger partial charge on any atom is -0.497 e. The van der Waals surface area contributed by atoms with Gasteiger partial charge in [0.25, 0.3) is 5.91 Å². The van der Waals surface area contributed by atoms with Crippen molar-refractivity contribution in [1.29, 1.82) is 0 Å². The first-order chi connectivity index (χ1) is 10.5. The van der Waals surface area contributed by atoms with Crippen LogP contribution in [0, 0.1) is 0 Å². The number of ether oxygens (including phenoxy) is 1. The van der Waals surface area contributed by atoms with Crippen LogP contribution in [0.3, 0.4) is 0 Å². The van der Waals surface area contributed by atoms with Crippen LogP contribution < -0.4 is 10.1 Å². The zero-order valence-electron chi connectivity index (χ0n) is 13.3. The average molecular weight is 319 g/mol. The van der Waals surface area contributed by atoms with Gasteiger partial charge in [-0.3, -0.25) is 10.1 Å². The summed E-state index contributed by atoms with van der Waals surface area (Å²) in [5.74, 6) is 0.525. The van der Waals surface area contributed by atoms with Crippen molar-refractivity contribution >= 4 is 22.4 Å². The van der Waals surface area contributed by atoms with E-state index < -0.39 is 0 Å². The van der Waals surface area contributed by atoms with Gasteiger partial charge in [0.1, 0.15) is 10.8 Å². The van der Waals surface area contributed by atoms with E-state index in [9.17, 15) is 4.79 Å². The van der Waals surface area contributed by atoms with Crippen LogP contribution in [0.15, 0.2) is 24.3 Å². The molecule has 1 aromatic heterocycles. The Bertz CT molecular complexity index is 633. The number of carbonyl (C=O) groups excluding carboxylic acids is 1. The Morgan fingerprint density at radius 2 is 1.86 bits per heavy atom. The molecule has 118 valence electrons. The van der Waals surface area contributed by atoms with E-state index in [0.717, 1.165) is 23.6 Å². The molecular weight excluding hydrogens is 298 g/mol. The molecule has 0 radical (unpaired) electrons. The maximum atomic E-state index is 12.2. The number of methoxy groups -OCH3 is 1. The molecule has 2 rings (SSSR count). The topological polar surface area (TPSA) is 64.1 Å². The van der Waals surface area contributed by atoms with E-state index in [4.69, 9.17) is 4.74 Å². The number of benzene rings is 1. The van der Waals surface area contributed by atoms with Crippen molar-refractivity contribution in [2.75, 3.05) is 12.4 Å². The molecule has 0 saturated carbocycles.